The van der Waals surface area contributed by atoms with E-state index in [1.807, 2.05) is 31.3 Å². The topological polar surface area (TPSA) is 54.0 Å². The number of carbonyl (C=O) groups excluding carboxylic acids is 1. The summed E-state index contributed by atoms with van der Waals surface area (Å²) in [7, 11) is 3.50. The van der Waals surface area contributed by atoms with E-state index in [1.165, 1.54) is 5.56 Å². The predicted molar refractivity (Wildman–Crippen MR) is 76.4 cm³/mol. The molecule has 1 amide bonds. The lowest BCUT2D eigenvalue weighted by atomic mass is 10.0. The largest absolute Gasteiger partial charge is 0.388 e. The molecule has 1 aromatic carbocycles. The summed E-state index contributed by atoms with van der Waals surface area (Å²) >= 11 is 0. The van der Waals surface area contributed by atoms with Crippen molar-refractivity contribution in [2.75, 3.05) is 19.4 Å². The quantitative estimate of drug-likeness (QED) is 0.879. The third-order valence-corrected chi connectivity index (χ3v) is 2.93. The van der Waals surface area contributed by atoms with Gasteiger partial charge in [-0.25, -0.2) is 0 Å². The smallest absolute Gasteiger partial charge is 0.269 e. The Kier molecular flexibility index (Phi) is 4.13. The summed E-state index contributed by atoms with van der Waals surface area (Å²) in [6.07, 6.45) is 2.46. The number of pyridine rings is 1. The molecule has 0 unspecified atom stereocenters. The number of carbonyl (C=O) groups is 1. The highest BCUT2D eigenvalue weighted by Gasteiger charge is 2.05. The molecule has 1 heterocycles. The molecule has 0 atom stereocenters. The molecule has 0 fully saturated rings. The fourth-order valence-corrected chi connectivity index (χ4v) is 1.86. The second kappa shape index (κ2) is 6.00. The molecule has 2 rings (SSSR count). The van der Waals surface area contributed by atoms with Gasteiger partial charge in [-0.05, 0) is 41.8 Å². The highest BCUT2D eigenvalue weighted by atomic mass is 16.1. The summed E-state index contributed by atoms with van der Waals surface area (Å²) in [4.78, 5) is 15.6. The monoisotopic (exact) mass is 255 g/mol. The third-order valence-electron chi connectivity index (χ3n) is 2.93. The second-order valence-corrected chi connectivity index (χ2v) is 4.25. The van der Waals surface area contributed by atoms with Crippen LogP contribution in [-0.2, 0) is 6.42 Å². The van der Waals surface area contributed by atoms with Crippen LogP contribution in [0.4, 0.5) is 5.69 Å². The fraction of sp³-hybridized carbons (Fsp3) is 0.200. The maximum atomic E-state index is 11.5. The van der Waals surface area contributed by atoms with Crippen LogP contribution in [-0.4, -0.2) is 25.0 Å². The first-order valence-electron chi connectivity index (χ1n) is 6.16. The molecule has 0 radical (unpaired) electrons. The van der Waals surface area contributed by atoms with Crippen LogP contribution < -0.4 is 10.6 Å². The van der Waals surface area contributed by atoms with Gasteiger partial charge in [0.05, 0.1) is 0 Å². The maximum Gasteiger partial charge on any atom is 0.269 e. The van der Waals surface area contributed by atoms with Gasteiger partial charge in [0.15, 0.2) is 0 Å². The molecule has 1 aromatic heterocycles. The molecule has 98 valence electrons. The molecule has 0 bridgehead atoms. The van der Waals surface area contributed by atoms with Crippen molar-refractivity contribution < 1.29 is 4.79 Å². The van der Waals surface area contributed by atoms with Gasteiger partial charge in [0.25, 0.3) is 5.91 Å². The van der Waals surface area contributed by atoms with Gasteiger partial charge in [-0.15, -0.1) is 0 Å². The number of anilines is 1. The minimum atomic E-state index is -0.160. The van der Waals surface area contributed by atoms with Gasteiger partial charge in [-0.1, -0.05) is 12.1 Å². The Hall–Kier alpha value is -2.36. The van der Waals surface area contributed by atoms with Crippen LogP contribution in [0.3, 0.4) is 0 Å². The number of nitrogens with one attached hydrogen (secondary N) is 2. The van der Waals surface area contributed by atoms with Gasteiger partial charge < -0.3 is 10.6 Å². The van der Waals surface area contributed by atoms with Gasteiger partial charge in [0.1, 0.15) is 5.69 Å². The van der Waals surface area contributed by atoms with Gasteiger partial charge in [-0.2, -0.15) is 0 Å². The van der Waals surface area contributed by atoms with E-state index in [0.717, 1.165) is 17.7 Å². The lowest BCUT2D eigenvalue weighted by molar-refractivity contribution is 0.0958. The Balaban J connectivity index is 2.16. The van der Waals surface area contributed by atoms with Crippen molar-refractivity contribution in [2.24, 2.45) is 0 Å². The van der Waals surface area contributed by atoms with E-state index in [4.69, 9.17) is 0 Å². The fourth-order valence-electron chi connectivity index (χ4n) is 1.86. The molecule has 0 aliphatic carbocycles. The molecule has 4 heteroatoms. The highest BCUT2D eigenvalue weighted by Crippen LogP contribution is 2.13. The first kappa shape index (κ1) is 13.1. The minimum Gasteiger partial charge on any atom is -0.388 e. The summed E-state index contributed by atoms with van der Waals surface area (Å²) in [5.41, 5.74) is 3.82. The van der Waals surface area contributed by atoms with E-state index < -0.39 is 0 Å². The molecule has 0 aliphatic rings. The van der Waals surface area contributed by atoms with Crippen LogP contribution >= 0.6 is 0 Å². The lowest BCUT2D eigenvalue weighted by Gasteiger charge is -2.05. The number of nitrogens with zero attached hydrogens (tertiary/aromatic N) is 1. The molecule has 0 spiro atoms. The molecule has 4 nitrogen and oxygen atoms in total. The van der Waals surface area contributed by atoms with Crippen molar-refractivity contribution in [3.8, 4) is 0 Å². The molecular weight excluding hydrogens is 238 g/mol. The summed E-state index contributed by atoms with van der Waals surface area (Å²) in [6, 6.07) is 12.0. The molecule has 0 aliphatic heterocycles. The first-order valence-corrected chi connectivity index (χ1v) is 6.16. The van der Waals surface area contributed by atoms with Crippen molar-refractivity contribution in [1.29, 1.82) is 0 Å². The zero-order valence-corrected chi connectivity index (χ0v) is 11.1. The summed E-state index contributed by atoms with van der Waals surface area (Å²) < 4.78 is 0. The zero-order valence-electron chi connectivity index (χ0n) is 11.1. The van der Waals surface area contributed by atoms with Gasteiger partial charge in [-0.3, -0.25) is 9.78 Å². The molecule has 2 N–H and O–H groups in total. The van der Waals surface area contributed by atoms with Crippen molar-refractivity contribution in [3.05, 3.63) is 59.4 Å². The normalized spacial score (nSPS) is 10.0. The third kappa shape index (κ3) is 3.31. The standard InChI is InChI=1S/C15H17N3O/c1-16-13-5-3-11(4-6-13)9-12-7-8-18-14(10-12)15(19)17-2/h3-8,10,16H,9H2,1-2H3,(H,17,19). The number of benzene rings is 1. The van der Waals surface area contributed by atoms with Crippen LogP contribution in [0.25, 0.3) is 0 Å². The Morgan fingerprint density at radius 3 is 2.47 bits per heavy atom. The highest BCUT2D eigenvalue weighted by molar-refractivity contribution is 5.92. The lowest BCUT2D eigenvalue weighted by Crippen LogP contribution is -2.19. The van der Waals surface area contributed by atoms with E-state index >= 15 is 0 Å². The minimum absolute atomic E-state index is 0.160. The van der Waals surface area contributed by atoms with Crippen molar-refractivity contribution in [1.82, 2.24) is 10.3 Å². The first-order chi connectivity index (χ1) is 9.22. The van der Waals surface area contributed by atoms with E-state index in [0.29, 0.717) is 5.69 Å². The van der Waals surface area contributed by atoms with Gasteiger partial charge in [0.2, 0.25) is 0 Å². The van der Waals surface area contributed by atoms with E-state index in [1.54, 1.807) is 13.2 Å². The number of amides is 1. The molecule has 2 aromatic rings. The summed E-state index contributed by atoms with van der Waals surface area (Å²) in [5.74, 6) is -0.160. The van der Waals surface area contributed by atoms with Crippen LogP contribution in [0.15, 0.2) is 42.6 Å². The second-order valence-electron chi connectivity index (χ2n) is 4.25. The van der Waals surface area contributed by atoms with Crippen LogP contribution in [0.2, 0.25) is 0 Å². The Morgan fingerprint density at radius 2 is 1.84 bits per heavy atom. The molecular formula is C15H17N3O. The van der Waals surface area contributed by atoms with E-state index in [9.17, 15) is 4.79 Å². The summed E-state index contributed by atoms with van der Waals surface area (Å²) in [5, 5.41) is 5.66. The van der Waals surface area contributed by atoms with Gasteiger partial charge >= 0.3 is 0 Å². The zero-order chi connectivity index (χ0) is 13.7. The van der Waals surface area contributed by atoms with Crippen molar-refractivity contribution in [2.45, 2.75) is 6.42 Å². The van der Waals surface area contributed by atoms with Crippen molar-refractivity contribution >= 4 is 11.6 Å². The number of hydrogen-bond acceptors (Lipinski definition) is 3. The Morgan fingerprint density at radius 1 is 1.11 bits per heavy atom. The Bertz CT molecular complexity index is 564. The molecule has 0 saturated carbocycles. The molecule has 19 heavy (non-hydrogen) atoms. The molecule has 0 saturated heterocycles. The van der Waals surface area contributed by atoms with Crippen molar-refractivity contribution in [3.63, 3.8) is 0 Å². The number of aromatic nitrogens is 1. The maximum absolute atomic E-state index is 11.5. The average Bonchev–Trinajstić information content (AvgIpc) is 2.47. The number of rotatable bonds is 4. The van der Waals surface area contributed by atoms with E-state index in [-0.39, 0.29) is 5.91 Å². The average molecular weight is 255 g/mol. The van der Waals surface area contributed by atoms with Gasteiger partial charge in [0, 0.05) is 26.0 Å². The predicted octanol–water partition coefficient (Wildman–Crippen LogP) is 2.07. The SMILES string of the molecule is CNC(=O)c1cc(Cc2ccc(NC)cc2)ccn1. The Labute approximate surface area is 112 Å². The number of hydrogen-bond donors (Lipinski definition) is 2. The van der Waals surface area contributed by atoms with E-state index in [2.05, 4.69) is 27.8 Å². The summed E-state index contributed by atoms with van der Waals surface area (Å²) in [6.45, 7) is 0. The van der Waals surface area contributed by atoms with Crippen LogP contribution in [0.1, 0.15) is 21.6 Å². The van der Waals surface area contributed by atoms with Crippen LogP contribution in [0.5, 0.6) is 0 Å². The van der Waals surface area contributed by atoms with Crippen LogP contribution in [0, 0.1) is 0 Å².